The molecule has 0 aliphatic carbocycles. The van der Waals surface area contributed by atoms with Gasteiger partial charge in [0, 0.05) is 25.3 Å². The zero-order chi connectivity index (χ0) is 12.1. The van der Waals surface area contributed by atoms with E-state index in [1.54, 1.807) is 0 Å². The molecular weight excluding hydrogens is 212 g/mol. The Balaban J connectivity index is 1.73. The van der Waals surface area contributed by atoms with Gasteiger partial charge in [0.1, 0.15) is 5.82 Å². The number of rotatable bonds is 5. The predicted octanol–water partition coefficient (Wildman–Crippen LogP) is 1.36. The molecule has 94 valence electrons. The van der Waals surface area contributed by atoms with Crippen LogP contribution in [0.1, 0.15) is 31.3 Å². The minimum atomic E-state index is 0.517. The Morgan fingerprint density at radius 3 is 2.88 bits per heavy atom. The summed E-state index contributed by atoms with van der Waals surface area (Å²) in [6.45, 7) is 8.67. The summed E-state index contributed by atoms with van der Waals surface area (Å²) in [6.07, 6.45) is 4.54. The van der Waals surface area contributed by atoms with Gasteiger partial charge in [-0.3, -0.25) is 0 Å². The van der Waals surface area contributed by atoms with Crippen molar-refractivity contribution in [3.05, 3.63) is 23.8 Å². The van der Waals surface area contributed by atoms with Crippen LogP contribution in [0.15, 0.2) is 12.3 Å². The number of nitrogens with zero attached hydrogens (tertiary/aromatic N) is 3. The van der Waals surface area contributed by atoms with Crippen LogP contribution >= 0.6 is 0 Å². The van der Waals surface area contributed by atoms with Crippen LogP contribution in [-0.4, -0.2) is 40.5 Å². The minimum Gasteiger partial charge on any atom is -0.307 e. The molecule has 0 aromatic carbocycles. The smallest absolute Gasteiger partial charge is 0.125 e. The molecule has 0 amide bonds. The van der Waals surface area contributed by atoms with Gasteiger partial charge in [-0.25, -0.2) is 9.97 Å². The van der Waals surface area contributed by atoms with Crippen LogP contribution in [0.3, 0.4) is 0 Å². The lowest BCUT2D eigenvalue weighted by atomic mass is 10.3. The minimum absolute atomic E-state index is 0.517. The first-order valence-corrected chi connectivity index (χ1v) is 6.48. The summed E-state index contributed by atoms with van der Waals surface area (Å²) in [5.74, 6) is 0.844. The van der Waals surface area contributed by atoms with E-state index in [-0.39, 0.29) is 0 Å². The lowest BCUT2D eigenvalue weighted by Gasteiger charge is -2.21. The van der Waals surface area contributed by atoms with E-state index < -0.39 is 0 Å². The highest BCUT2D eigenvalue weighted by Gasteiger charge is 2.14. The van der Waals surface area contributed by atoms with Gasteiger partial charge in [0.05, 0.1) is 5.69 Å². The molecule has 4 heteroatoms. The van der Waals surface area contributed by atoms with Gasteiger partial charge in [-0.05, 0) is 45.8 Å². The molecule has 0 spiro atoms. The van der Waals surface area contributed by atoms with Gasteiger partial charge in [-0.2, -0.15) is 0 Å². The second-order valence-electron chi connectivity index (χ2n) is 4.88. The topological polar surface area (TPSA) is 41.1 Å². The molecule has 1 N–H and O–H groups in total. The van der Waals surface area contributed by atoms with Gasteiger partial charge in [-0.1, -0.05) is 0 Å². The number of aryl methyl sites for hydroxylation is 1. The molecule has 1 aliphatic rings. The molecule has 1 aliphatic heterocycles. The Morgan fingerprint density at radius 1 is 1.41 bits per heavy atom. The Bertz CT molecular complexity index is 347. The first kappa shape index (κ1) is 12.5. The number of nitrogens with one attached hydrogen (secondary N) is 1. The number of aromatic nitrogens is 2. The Morgan fingerprint density at radius 2 is 2.18 bits per heavy atom. The van der Waals surface area contributed by atoms with Gasteiger partial charge in [0.25, 0.3) is 0 Å². The first-order valence-electron chi connectivity index (χ1n) is 6.48. The lowest BCUT2D eigenvalue weighted by molar-refractivity contribution is 0.298. The molecule has 1 aromatic rings. The monoisotopic (exact) mass is 234 g/mol. The summed E-state index contributed by atoms with van der Waals surface area (Å²) in [5, 5.41) is 3.52. The van der Waals surface area contributed by atoms with Gasteiger partial charge in [-0.15, -0.1) is 0 Å². The van der Waals surface area contributed by atoms with Gasteiger partial charge in [0.2, 0.25) is 0 Å². The third kappa shape index (κ3) is 4.06. The molecule has 2 heterocycles. The normalized spacial score (nSPS) is 18.5. The van der Waals surface area contributed by atoms with Crippen molar-refractivity contribution < 1.29 is 0 Å². The van der Waals surface area contributed by atoms with E-state index in [2.05, 4.69) is 27.1 Å². The van der Waals surface area contributed by atoms with Gasteiger partial charge in [0.15, 0.2) is 0 Å². The maximum absolute atomic E-state index is 4.39. The fourth-order valence-electron chi connectivity index (χ4n) is 2.30. The third-order valence-electron chi connectivity index (χ3n) is 3.20. The molecule has 1 fully saturated rings. The lowest BCUT2D eigenvalue weighted by Crippen LogP contribution is -2.37. The van der Waals surface area contributed by atoms with E-state index in [9.17, 15) is 0 Å². The highest BCUT2D eigenvalue weighted by Crippen LogP contribution is 2.07. The third-order valence-corrected chi connectivity index (χ3v) is 3.20. The van der Waals surface area contributed by atoms with Crippen LogP contribution in [-0.2, 0) is 6.54 Å². The maximum Gasteiger partial charge on any atom is 0.125 e. The average molecular weight is 234 g/mol. The van der Waals surface area contributed by atoms with Crippen LogP contribution in [0, 0.1) is 6.92 Å². The quantitative estimate of drug-likeness (QED) is 0.835. The van der Waals surface area contributed by atoms with Crippen molar-refractivity contribution in [1.29, 1.82) is 0 Å². The molecule has 2 rings (SSSR count). The first-order chi connectivity index (χ1) is 8.24. The molecule has 0 saturated carbocycles. The van der Waals surface area contributed by atoms with Crippen molar-refractivity contribution in [3.63, 3.8) is 0 Å². The van der Waals surface area contributed by atoms with Gasteiger partial charge >= 0.3 is 0 Å². The number of likely N-dealkylation sites (tertiary alicyclic amines) is 1. The Kier molecular flexibility index (Phi) is 4.45. The van der Waals surface area contributed by atoms with Crippen LogP contribution in [0.2, 0.25) is 0 Å². The zero-order valence-electron chi connectivity index (χ0n) is 10.8. The molecule has 1 atom stereocenters. The van der Waals surface area contributed by atoms with Crippen molar-refractivity contribution in [2.24, 2.45) is 0 Å². The highest BCUT2D eigenvalue weighted by molar-refractivity contribution is 5.01. The van der Waals surface area contributed by atoms with Crippen molar-refractivity contribution in [1.82, 2.24) is 20.2 Å². The highest BCUT2D eigenvalue weighted by atomic mass is 15.2. The molecular formula is C13H22N4. The average Bonchev–Trinajstić information content (AvgIpc) is 2.79. The second kappa shape index (κ2) is 6.07. The van der Waals surface area contributed by atoms with E-state index in [1.165, 1.54) is 25.9 Å². The van der Waals surface area contributed by atoms with E-state index in [0.717, 1.165) is 24.6 Å². The molecule has 1 unspecified atom stereocenters. The van der Waals surface area contributed by atoms with E-state index >= 15 is 0 Å². The number of hydrogen-bond donors (Lipinski definition) is 1. The second-order valence-corrected chi connectivity index (χ2v) is 4.88. The molecule has 1 aromatic heterocycles. The predicted molar refractivity (Wildman–Crippen MR) is 68.7 cm³/mol. The Labute approximate surface area is 103 Å². The van der Waals surface area contributed by atoms with Gasteiger partial charge < -0.3 is 10.2 Å². The fraction of sp³-hybridized carbons (Fsp3) is 0.692. The number of hydrogen-bond acceptors (Lipinski definition) is 4. The summed E-state index contributed by atoms with van der Waals surface area (Å²) in [7, 11) is 0. The summed E-state index contributed by atoms with van der Waals surface area (Å²) in [5.41, 5.74) is 1.07. The summed E-state index contributed by atoms with van der Waals surface area (Å²) in [4.78, 5) is 11.0. The Hall–Kier alpha value is -1.00. The van der Waals surface area contributed by atoms with Crippen molar-refractivity contribution in [2.45, 2.75) is 39.3 Å². The van der Waals surface area contributed by atoms with Crippen molar-refractivity contribution >= 4 is 0 Å². The van der Waals surface area contributed by atoms with E-state index in [0.29, 0.717) is 6.04 Å². The standard InChI is InChI=1S/C13H22N4/c1-11(10-17-7-3-4-8-17)15-9-13-5-6-14-12(2)16-13/h5-6,11,15H,3-4,7-10H2,1-2H3. The molecule has 0 bridgehead atoms. The SMILES string of the molecule is Cc1nccc(CNC(C)CN2CCCC2)n1. The molecule has 4 nitrogen and oxygen atoms in total. The largest absolute Gasteiger partial charge is 0.307 e. The zero-order valence-corrected chi connectivity index (χ0v) is 10.8. The van der Waals surface area contributed by atoms with Crippen molar-refractivity contribution in [2.75, 3.05) is 19.6 Å². The molecule has 0 radical (unpaired) electrons. The summed E-state index contributed by atoms with van der Waals surface area (Å²) in [6, 6.07) is 2.49. The molecule has 1 saturated heterocycles. The van der Waals surface area contributed by atoms with Crippen molar-refractivity contribution in [3.8, 4) is 0 Å². The maximum atomic E-state index is 4.39. The van der Waals surface area contributed by atoms with Crippen LogP contribution in [0.25, 0.3) is 0 Å². The van der Waals surface area contributed by atoms with E-state index in [4.69, 9.17) is 0 Å². The summed E-state index contributed by atoms with van der Waals surface area (Å²) < 4.78 is 0. The van der Waals surface area contributed by atoms with Crippen LogP contribution < -0.4 is 5.32 Å². The van der Waals surface area contributed by atoms with E-state index in [1.807, 2.05) is 19.2 Å². The van der Waals surface area contributed by atoms with Crippen LogP contribution in [0.4, 0.5) is 0 Å². The fourth-order valence-corrected chi connectivity index (χ4v) is 2.30. The summed E-state index contributed by atoms with van der Waals surface area (Å²) >= 11 is 0. The van der Waals surface area contributed by atoms with Crippen LogP contribution in [0.5, 0.6) is 0 Å². The molecule has 17 heavy (non-hydrogen) atoms.